The number of hydrogen-bond donors (Lipinski definition) is 3. The molecule has 0 aliphatic carbocycles. The predicted octanol–water partition coefficient (Wildman–Crippen LogP) is 2.33. The summed E-state index contributed by atoms with van der Waals surface area (Å²) in [4.78, 5) is 25.4. The Balaban J connectivity index is 1.37. The van der Waals surface area contributed by atoms with Crippen LogP contribution in [0.3, 0.4) is 0 Å². The van der Waals surface area contributed by atoms with Crippen molar-refractivity contribution in [3.63, 3.8) is 0 Å². The molecule has 0 bridgehead atoms. The Labute approximate surface area is 193 Å². The average Bonchev–Trinajstić information content (AvgIpc) is 3.46. The van der Waals surface area contributed by atoms with Gasteiger partial charge in [-0.3, -0.25) is 9.59 Å². The SMILES string of the molecule is COc1ccc(CNC(=O)c2snc(C(=O)NCc3ccc4c(c3)OCO4)c2N)c(OC)c1. The summed E-state index contributed by atoms with van der Waals surface area (Å²) >= 11 is 0.866. The van der Waals surface area contributed by atoms with E-state index >= 15 is 0 Å². The smallest absolute Gasteiger partial charge is 0.273 e. The van der Waals surface area contributed by atoms with Gasteiger partial charge in [0.25, 0.3) is 11.8 Å². The number of methoxy groups -OCH3 is 2. The average molecular weight is 471 g/mol. The largest absolute Gasteiger partial charge is 0.497 e. The fraction of sp³-hybridized carbons (Fsp3) is 0.227. The minimum absolute atomic E-state index is 0.00733. The molecule has 0 unspecified atom stereocenters. The lowest BCUT2D eigenvalue weighted by Crippen LogP contribution is -2.25. The first-order valence-electron chi connectivity index (χ1n) is 9.91. The molecule has 0 saturated carbocycles. The molecule has 172 valence electrons. The standard InChI is InChI=1S/C22H22N4O6S/c1-29-14-5-4-13(16(8-14)30-2)10-25-22(28)20-18(23)19(26-33-20)21(27)24-9-12-3-6-15-17(7-12)32-11-31-15/h3-8H,9-11,23H2,1-2H3,(H,24,27)(H,25,28). The number of amides is 2. The van der Waals surface area contributed by atoms with Crippen LogP contribution in [0.15, 0.2) is 36.4 Å². The van der Waals surface area contributed by atoms with Crippen LogP contribution in [0.1, 0.15) is 31.3 Å². The van der Waals surface area contributed by atoms with Gasteiger partial charge in [0.15, 0.2) is 17.2 Å². The lowest BCUT2D eigenvalue weighted by Gasteiger charge is -2.11. The van der Waals surface area contributed by atoms with E-state index in [2.05, 4.69) is 15.0 Å². The number of nitrogens with zero attached hydrogens (tertiary/aromatic N) is 1. The zero-order chi connectivity index (χ0) is 23.4. The highest BCUT2D eigenvalue weighted by Gasteiger charge is 2.22. The second-order valence-electron chi connectivity index (χ2n) is 7.00. The van der Waals surface area contributed by atoms with Crippen LogP contribution in [0.2, 0.25) is 0 Å². The van der Waals surface area contributed by atoms with Gasteiger partial charge in [-0.2, -0.15) is 4.37 Å². The van der Waals surface area contributed by atoms with Crippen molar-refractivity contribution in [1.82, 2.24) is 15.0 Å². The Morgan fingerprint density at radius 2 is 1.82 bits per heavy atom. The first kappa shape index (κ1) is 22.2. The summed E-state index contributed by atoms with van der Waals surface area (Å²) in [6.07, 6.45) is 0. The Kier molecular flexibility index (Phi) is 6.50. The van der Waals surface area contributed by atoms with Crippen molar-refractivity contribution in [3.05, 3.63) is 58.1 Å². The van der Waals surface area contributed by atoms with Crippen LogP contribution in [0, 0.1) is 0 Å². The molecule has 10 nitrogen and oxygen atoms in total. The van der Waals surface area contributed by atoms with E-state index in [1.54, 1.807) is 37.4 Å². The molecule has 0 atom stereocenters. The van der Waals surface area contributed by atoms with Crippen LogP contribution in [-0.4, -0.2) is 37.2 Å². The topological polar surface area (TPSA) is 134 Å². The van der Waals surface area contributed by atoms with E-state index in [9.17, 15) is 9.59 Å². The molecule has 11 heteroatoms. The highest BCUT2D eigenvalue weighted by molar-refractivity contribution is 7.09. The number of nitrogens with one attached hydrogen (secondary N) is 2. The van der Waals surface area contributed by atoms with Gasteiger partial charge in [0.05, 0.1) is 19.9 Å². The second kappa shape index (κ2) is 9.65. The first-order valence-corrected chi connectivity index (χ1v) is 10.7. The van der Waals surface area contributed by atoms with Gasteiger partial charge in [0.1, 0.15) is 16.4 Å². The van der Waals surface area contributed by atoms with Gasteiger partial charge in [-0.1, -0.05) is 6.07 Å². The van der Waals surface area contributed by atoms with Crippen LogP contribution in [0.25, 0.3) is 0 Å². The van der Waals surface area contributed by atoms with Crippen molar-refractivity contribution in [2.45, 2.75) is 13.1 Å². The molecule has 1 aromatic heterocycles. The predicted molar refractivity (Wildman–Crippen MR) is 121 cm³/mol. The van der Waals surface area contributed by atoms with Crippen LogP contribution >= 0.6 is 11.5 Å². The lowest BCUT2D eigenvalue weighted by molar-refractivity contribution is 0.0946. The number of fused-ring (bicyclic) bond motifs is 1. The monoisotopic (exact) mass is 470 g/mol. The van der Waals surface area contributed by atoms with Crippen LogP contribution < -0.4 is 35.3 Å². The molecule has 0 saturated heterocycles. The van der Waals surface area contributed by atoms with Crippen molar-refractivity contribution >= 4 is 29.0 Å². The molecular formula is C22H22N4O6S. The zero-order valence-corrected chi connectivity index (χ0v) is 18.8. The van der Waals surface area contributed by atoms with Gasteiger partial charge < -0.3 is 35.3 Å². The summed E-state index contributed by atoms with van der Waals surface area (Å²) in [5.74, 6) is 1.61. The van der Waals surface area contributed by atoms with Gasteiger partial charge in [-0.15, -0.1) is 0 Å². The quantitative estimate of drug-likeness (QED) is 0.457. The van der Waals surface area contributed by atoms with Crippen molar-refractivity contribution in [2.24, 2.45) is 0 Å². The van der Waals surface area contributed by atoms with Gasteiger partial charge >= 0.3 is 0 Å². The third-order valence-corrected chi connectivity index (χ3v) is 5.83. The molecule has 33 heavy (non-hydrogen) atoms. The number of anilines is 1. The Morgan fingerprint density at radius 3 is 2.61 bits per heavy atom. The zero-order valence-electron chi connectivity index (χ0n) is 18.0. The number of benzene rings is 2. The third-order valence-electron chi connectivity index (χ3n) is 4.97. The molecule has 1 aliphatic heterocycles. The molecule has 3 aromatic rings. The minimum atomic E-state index is -0.475. The maximum atomic E-state index is 12.6. The number of hydrogen-bond acceptors (Lipinski definition) is 9. The summed E-state index contributed by atoms with van der Waals surface area (Å²) in [7, 11) is 3.10. The number of carbonyl (C=O) groups is 2. The highest BCUT2D eigenvalue weighted by Crippen LogP contribution is 2.32. The molecule has 4 rings (SSSR count). The number of nitrogens with two attached hydrogens (primary N) is 1. The Bertz CT molecular complexity index is 1200. The van der Waals surface area contributed by atoms with Crippen molar-refractivity contribution in [2.75, 3.05) is 26.7 Å². The molecule has 1 aliphatic rings. The number of ether oxygens (including phenoxy) is 4. The maximum absolute atomic E-state index is 12.6. The third kappa shape index (κ3) is 4.77. The summed E-state index contributed by atoms with van der Waals surface area (Å²) in [5.41, 5.74) is 7.68. The Morgan fingerprint density at radius 1 is 1.03 bits per heavy atom. The van der Waals surface area contributed by atoms with Crippen LogP contribution in [0.5, 0.6) is 23.0 Å². The summed E-state index contributed by atoms with van der Waals surface area (Å²) in [6.45, 7) is 0.622. The second-order valence-corrected chi connectivity index (χ2v) is 7.78. The minimum Gasteiger partial charge on any atom is -0.497 e. The molecule has 0 spiro atoms. The van der Waals surface area contributed by atoms with Crippen molar-refractivity contribution < 1.29 is 28.5 Å². The molecule has 0 fully saturated rings. The van der Waals surface area contributed by atoms with E-state index in [0.717, 1.165) is 22.7 Å². The summed E-state index contributed by atoms with van der Waals surface area (Å²) in [6, 6.07) is 10.7. The van der Waals surface area contributed by atoms with Crippen LogP contribution in [0.4, 0.5) is 5.69 Å². The molecular weight excluding hydrogens is 448 g/mol. The molecule has 2 aromatic carbocycles. The summed E-state index contributed by atoms with van der Waals surface area (Å²) < 4.78 is 25.2. The normalized spacial score (nSPS) is 11.7. The molecule has 0 radical (unpaired) electrons. The van der Waals surface area contributed by atoms with E-state index in [1.165, 1.54) is 7.11 Å². The Hall–Kier alpha value is -3.99. The van der Waals surface area contributed by atoms with Crippen molar-refractivity contribution in [3.8, 4) is 23.0 Å². The number of nitrogen functional groups attached to an aromatic ring is 1. The van der Waals surface area contributed by atoms with Gasteiger partial charge in [0.2, 0.25) is 6.79 Å². The lowest BCUT2D eigenvalue weighted by atomic mass is 10.2. The van der Waals surface area contributed by atoms with E-state index in [4.69, 9.17) is 24.7 Å². The van der Waals surface area contributed by atoms with E-state index < -0.39 is 11.8 Å². The van der Waals surface area contributed by atoms with Crippen LogP contribution in [-0.2, 0) is 13.1 Å². The van der Waals surface area contributed by atoms with Gasteiger partial charge in [-0.25, -0.2) is 0 Å². The fourth-order valence-electron chi connectivity index (χ4n) is 3.20. The first-order chi connectivity index (χ1) is 16.0. The van der Waals surface area contributed by atoms with Gasteiger partial charge in [0, 0.05) is 24.7 Å². The fourth-order valence-corrected chi connectivity index (χ4v) is 3.91. The van der Waals surface area contributed by atoms with E-state index in [-0.39, 0.29) is 36.1 Å². The summed E-state index contributed by atoms with van der Waals surface area (Å²) in [5, 5.41) is 5.53. The molecule has 2 amide bonds. The number of aromatic nitrogens is 1. The molecule has 2 heterocycles. The molecule has 4 N–H and O–H groups in total. The van der Waals surface area contributed by atoms with Gasteiger partial charge in [-0.05, 0) is 41.4 Å². The van der Waals surface area contributed by atoms with E-state index in [0.29, 0.717) is 23.0 Å². The maximum Gasteiger partial charge on any atom is 0.273 e. The highest BCUT2D eigenvalue weighted by atomic mass is 32.1. The van der Waals surface area contributed by atoms with E-state index in [1.807, 2.05) is 6.07 Å². The number of carbonyl (C=O) groups excluding carboxylic acids is 2. The van der Waals surface area contributed by atoms with Crippen molar-refractivity contribution in [1.29, 1.82) is 0 Å². The number of rotatable bonds is 8.